The molecule has 0 radical (unpaired) electrons. The lowest BCUT2D eigenvalue weighted by Crippen LogP contribution is -2.22. The van der Waals surface area contributed by atoms with E-state index >= 15 is 0 Å². The molecule has 0 amide bonds. The highest BCUT2D eigenvalue weighted by atomic mass is 16.7. The molecule has 2 aromatic carbocycles. The van der Waals surface area contributed by atoms with Crippen LogP contribution in [0.3, 0.4) is 0 Å². The highest BCUT2D eigenvalue weighted by Crippen LogP contribution is 2.38. The average Bonchev–Trinajstić information content (AvgIpc) is 2.90. The zero-order chi connectivity index (χ0) is 14.8. The third-order valence-corrected chi connectivity index (χ3v) is 3.35. The molecule has 0 aliphatic carbocycles. The predicted molar refractivity (Wildman–Crippen MR) is 75.5 cm³/mol. The van der Waals surface area contributed by atoms with E-state index in [1.807, 2.05) is 18.2 Å². The Morgan fingerprint density at radius 1 is 1.10 bits per heavy atom. The van der Waals surface area contributed by atoms with Crippen LogP contribution in [0.1, 0.15) is 18.0 Å². The number of carbonyl (C=O) groups is 1. The Balaban J connectivity index is 2.04. The lowest BCUT2D eigenvalue weighted by Gasteiger charge is -2.23. The van der Waals surface area contributed by atoms with Gasteiger partial charge in [0.05, 0.1) is 22.6 Å². The van der Waals surface area contributed by atoms with E-state index in [4.69, 9.17) is 4.84 Å². The molecule has 3 rings (SSSR count). The quantitative estimate of drug-likeness (QED) is 0.640. The zero-order valence-electron chi connectivity index (χ0n) is 11.0. The number of nitro groups is 1. The maximum atomic E-state index is 11.7. The lowest BCUT2D eigenvalue weighted by atomic mass is 10.0. The van der Waals surface area contributed by atoms with Crippen molar-refractivity contribution in [1.29, 1.82) is 0 Å². The van der Waals surface area contributed by atoms with Crippen molar-refractivity contribution in [3.63, 3.8) is 0 Å². The van der Waals surface area contributed by atoms with Gasteiger partial charge < -0.3 is 4.84 Å². The molecule has 0 spiro atoms. The summed E-state index contributed by atoms with van der Waals surface area (Å²) in [5.74, 6) is -0.401. The Labute approximate surface area is 120 Å². The number of para-hydroxylation sites is 2. The highest BCUT2D eigenvalue weighted by molar-refractivity contribution is 5.76. The van der Waals surface area contributed by atoms with Crippen LogP contribution in [0.2, 0.25) is 0 Å². The van der Waals surface area contributed by atoms with Gasteiger partial charge in [0.25, 0.3) is 5.69 Å². The molecule has 21 heavy (non-hydrogen) atoms. The molecular weight excluding hydrogens is 272 g/mol. The van der Waals surface area contributed by atoms with Gasteiger partial charge >= 0.3 is 5.97 Å². The molecule has 1 unspecified atom stereocenters. The summed E-state index contributed by atoms with van der Waals surface area (Å²) in [7, 11) is 0. The smallest absolute Gasteiger partial charge is 0.334 e. The van der Waals surface area contributed by atoms with Crippen LogP contribution in [0.4, 0.5) is 11.4 Å². The van der Waals surface area contributed by atoms with Gasteiger partial charge in [-0.2, -0.15) is 5.06 Å². The third kappa shape index (κ3) is 2.43. The highest BCUT2D eigenvalue weighted by Gasteiger charge is 2.37. The van der Waals surface area contributed by atoms with Crippen LogP contribution in [0.5, 0.6) is 0 Å². The first-order chi connectivity index (χ1) is 10.2. The van der Waals surface area contributed by atoms with Gasteiger partial charge in [-0.15, -0.1) is 0 Å². The third-order valence-electron chi connectivity index (χ3n) is 3.35. The first-order valence-electron chi connectivity index (χ1n) is 6.45. The number of benzene rings is 2. The van der Waals surface area contributed by atoms with Crippen molar-refractivity contribution >= 4 is 17.3 Å². The number of hydroxylamine groups is 1. The summed E-state index contributed by atoms with van der Waals surface area (Å²) < 4.78 is 0. The Kier molecular flexibility index (Phi) is 3.27. The summed E-state index contributed by atoms with van der Waals surface area (Å²) in [6.45, 7) is 0. The second kappa shape index (κ2) is 5.24. The van der Waals surface area contributed by atoms with E-state index in [0.29, 0.717) is 11.3 Å². The van der Waals surface area contributed by atoms with Gasteiger partial charge in [0.2, 0.25) is 0 Å². The van der Waals surface area contributed by atoms with Crippen molar-refractivity contribution in [2.75, 3.05) is 5.06 Å². The van der Waals surface area contributed by atoms with Gasteiger partial charge in [-0.25, -0.2) is 4.79 Å². The normalized spacial score (nSPS) is 17.6. The van der Waals surface area contributed by atoms with E-state index in [9.17, 15) is 14.9 Å². The van der Waals surface area contributed by atoms with Gasteiger partial charge in [0.15, 0.2) is 0 Å². The van der Waals surface area contributed by atoms with Crippen LogP contribution in [-0.2, 0) is 9.63 Å². The molecule has 106 valence electrons. The summed E-state index contributed by atoms with van der Waals surface area (Å²) in [5.41, 5.74) is 1.14. The van der Waals surface area contributed by atoms with E-state index in [2.05, 4.69) is 0 Å². The number of hydrogen-bond donors (Lipinski definition) is 0. The molecular formula is C15H12N2O4. The van der Waals surface area contributed by atoms with Gasteiger partial charge in [0.1, 0.15) is 6.04 Å². The van der Waals surface area contributed by atoms with Crippen LogP contribution in [-0.4, -0.2) is 10.9 Å². The van der Waals surface area contributed by atoms with Crippen molar-refractivity contribution in [1.82, 2.24) is 0 Å². The SMILES string of the molecule is O=C1CC(c2ccccc2[N+](=O)[O-])N(c2ccccc2)O1. The number of anilines is 1. The van der Waals surface area contributed by atoms with Crippen molar-refractivity contribution in [3.8, 4) is 0 Å². The topological polar surface area (TPSA) is 72.7 Å². The van der Waals surface area contributed by atoms with Crippen LogP contribution >= 0.6 is 0 Å². The fourth-order valence-electron chi connectivity index (χ4n) is 2.43. The minimum Gasteiger partial charge on any atom is -0.340 e. The number of nitro benzene ring substituents is 1. The molecule has 0 saturated carbocycles. The molecule has 0 aromatic heterocycles. The summed E-state index contributed by atoms with van der Waals surface area (Å²) in [6.07, 6.45) is 0.0831. The van der Waals surface area contributed by atoms with Crippen molar-refractivity contribution in [3.05, 3.63) is 70.3 Å². The molecule has 1 aliphatic rings. The average molecular weight is 284 g/mol. The minimum atomic E-state index is -0.499. The first-order valence-corrected chi connectivity index (χ1v) is 6.45. The van der Waals surface area contributed by atoms with Crippen LogP contribution in [0, 0.1) is 10.1 Å². The lowest BCUT2D eigenvalue weighted by molar-refractivity contribution is -0.385. The molecule has 6 heteroatoms. The maximum absolute atomic E-state index is 11.7. The van der Waals surface area contributed by atoms with Gasteiger partial charge in [-0.05, 0) is 18.2 Å². The van der Waals surface area contributed by atoms with Gasteiger partial charge in [-0.3, -0.25) is 10.1 Å². The van der Waals surface area contributed by atoms with Crippen molar-refractivity contribution in [2.24, 2.45) is 0 Å². The summed E-state index contributed by atoms with van der Waals surface area (Å²) in [5, 5.41) is 12.6. The van der Waals surface area contributed by atoms with E-state index in [0.717, 1.165) is 0 Å². The molecule has 0 N–H and O–H groups in total. The number of hydrogen-bond acceptors (Lipinski definition) is 5. The summed E-state index contributed by atoms with van der Waals surface area (Å²) in [4.78, 5) is 27.6. The van der Waals surface area contributed by atoms with Crippen LogP contribution < -0.4 is 5.06 Å². The Hall–Kier alpha value is -2.89. The summed E-state index contributed by atoms with van der Waals surface area (Å²) in [6, 6.07) is 15.0. The van der Waals surface area contributed by atoms with Crippen LogP contribution in [0.15, 0.2) is 54.6 Å². The fraction of sp³-hybridized carbons (Fsp3) is 0.133. The maximum Gasteiger partial charge on any atom is 0.334 e. The van der Waals surface area contributed by atoms with Gasteiger partial charge in [0, 0.05) is 6.07 Å². The fourth-order valence-corrected chi connectivity index (χ4v) is 2.43. The second-order valence-corrected chi connectivity index (χ2v) is 4.66. The molecule has 1 aliphatic heterocycles. The Bertz CT molecular complexity index is 687. The molecule has 1 heterocycles. The summed E-state index contributed by atoms with van der Waals surface area (Å²) >= 11 is 0. The molecule has 1 atom stereocenters. The minimum absolute atomic E-state index is 0.0123. The molecule has 6 nitrogen and oxygen atoms in total. The Morgan fingerprint density at radius 2 is 1.76 bits per heavy atom. The number of rotatable bonds is 3. The number of carbonyl (C=O) groups excluding carboxylic acids is 1. The standard InChI is InChI=1S/C15H12N2O4/c18-15-10-14(12-8-4-5-9-13(12)17(19)20)16(21-15)11-6-2-1-3-7-11/h1-9,14H,10H2. The Morgan fingerprint density at radius 3 is 2.48 bits per heavy atom. The second-order valence-electron chi connectivity index (χ2n) is 4.66. The molecule has 1 saturated heterocycles. The van der Waals surface area contributed by atoms with Crippen molar-refractivity contribution in [2.45, 2.75) is 12.5 Å². The van der Waals surface area contributed by atoms with Gasteiger partial charge in [-0.1, -0.05) is 30.3 Å². The zero-order valence-corrected chi connectivity index (χ0v) is 11.0. The van der Waals surface area contributed by atoms with E-state index in [1.165, 1.54) is 11.1 Å². The number of nitrogens with zero attached hydrogens (tertiary/aromatic N) is 2. The molecule has 1 fully saturated rings. The van der Waals surface area contributed by atoms with Crippen molar-refractivity contribution < 1.29 is 14.6 Å². The first kappa shape index (κ1) is 13.1. The van der Waals surface area contributed by atoms with E-state index in [-0.39, 0.29) is 12.1 Å². The van der Waals surface area contributed by atoms with E-state index in [1.54, 1.807) is 30.3 Å². The predicted octanol–water partition coefficient (Wildman–Crippen LogP) is 3.00. The van der Waals surface area contributed by atoms with E-state index < -0.39 is 16.9 Å². The monoisotopic (exact) mass is 284 g/mol. The van der Waals surface area contributed by atoms with Crippen LogP contribution in [0.25, 0.3) is 0 Å². The largest absolute Gasteiger partial charge is 0.340 e. The molecule has 0 bridgehead atoms. The molecule has 2 aromatic rings.